The topological polar surface area (TPSA) is 41.6 Å². The summed E-state index contributed by atoms with van der Waals surface area (Å²) in [4.78, 5) is 13.6. The second kappa shape index (κ2) is 5.05. The van der Waals surface area contributed by atoms with Crippen LogP contribution in [0.1, 0.15) is 12.0 Å². The summed E-state index contributed by atoms with van der Waals surface area (Å²) in [7, 11) is 0. The first-order valence-electron chi connectivity index (χ1n) is 6.63. The first-order valence-corrected chi connectivity index (χ1v) is 6.63. The fourth-order valence-corrected chi connectivity index (χ4v) is 2.60. The molecule has 0 atom stereocenters. The van der Waals surface area contributed by atoms with Crippen LogP contribution in [0, 0.1) is 0 Å². The SMILES string of the molecule is O=C(OCc1ccccc1)N1CC2(CC=CCN2)C1. The van der Waals surface area contributed by atoms with Gasteiger partial charge in [0, 0.05) is 19.6 Å². The Morgan fingerprint density at radius 1 is 1.26 bits per heavy atom. The van der Waals surface area contributed by atoms with Gasteiger partial charge in [0.05, 0.1) is 5.54 Å². The molecule has 4 nitrogen and oxygen atoms in total. The third kappa shape index (κ3) is 2.63. The second-order valence-electron chi connectivity index (χ2n) is 5.23. The number of ether oxygens (including phenoxy) is 1. The molecule has 0 aromatic heterocycles. The Balaban J connectivity index is 1.47. The number of carbonyl (C=O) groups excluding carboxylic acids is 1. The molecule has 100 valence electrons. The maximum Gasteiger partial charge on any atom is 0.410 e. The lowest BCUT2D eigenvalue weighted by molar-refractivity contribution is 0.0218. The highest BCUT2D eigenvalue weighted by atomic mass is 16.6. The lowest BCUT2D eigenvalue weighted by Gasteiger charge is -2.50. The fraction of sp³-hybridized carbons (Fsp3) is 0.400. The monoisotopic (exact) mass is 258 g/mol. The van der Waals surface area contributed by atoms with Crippen molar-refractivity contribution in [2.75, 3.05) is 19.6 Å². The molecule has 1 amide bonds. The van der Waals surface area contributed by atoms with Gasteiger partial charge < -0.3 is 15.0 Å². The van der Waals surface area contributed by atoms with Crippen LogP contribution in [0.3, 0.4) is 0 Å². The molecule has 19 heavy (non-hydrogen) atoms. The molecular weight excluding hydrogens is 240 g/mol. The van der Waals surface area contributed by atoms with Gasteiger partial charge in [-0.25, -0.2) is 4.79 Å². The van der Waals surface area contributed by atoms with Crippen molar-refractivity contribution in [2.24, 2.45) is 0 Å². The zero-order chi connectivity index (χ0) is 13.1. The Bertz CT molecular complexity index is 478. The van der Waals surface area contributed by atoms with Crippen molar-refractivity contribution in [3.8, 4) is 0 Å². The van der Waals surface area contributed by atoms with Gasteiger partial charge in [0.15, 0.2) is 0 Å². The summed E-state index contributed by atoms with van der Waals surface area (Å²) < 4.78 is 5.31. The van der Waals surface area contributed by atoms with Gasteiger partial charge in [0.2, 0.25) is 0 Å². The van der Waals surface area contributed by atoms with Crippen molar-refractivity contribution in [3.05, 3.63) is 48.0 Å². The molecule has 1 N–H and O–H groups in total. The largest absolute Gasteiger partial charge is 0.445 e. The van der Waals surface area contributed by atoms with Gasteiger partial charge in [-0.05, 0) is 12.0 Å². The standard InChI is InChI=1S/C15H18N2O2/c18-14(19-10-13-6-2-1-3-7-13)17-11-15(12-17)8-4-5-9-16-15/h1-7,16H,8-12H2. The van der Waals surface area contributed by atoms with Crippen molar-refractivity contribution in [2.45, 2.75) is 18.6 Å². The van der Waals surface area contributed by atoms with E-state index in [1.165, 1.54) is 0 Å². The van der Waals surface area contributed by atoms with Crippen LogP contribution in [0.2, 0.25) is 0 Å². The Morgan fingerprint density at radius 2 is 2.05 bits per heavy atom. The molecule has 2 aliphatic rings. The normalized spacial score (nSPS) is 20.1. The molecule has 4 heteroatoms. The van der Waals surface area contributed by atoms with E-state index in [1.54, 1.807) is 4.90 Å². The van der Waals surface area contributed by atoms with Crippen LogP contribution in [0.25, 0.3) is 0 Å². The van der Waals surface area contributed by atoms with Gasteiger partial charge in [0.25, 0.3) is 0 Å². The minimum absolute atomic E-state index is 0.0977. The molecule has 1 saturated heterocycles. The summed E-state index contributed by atoms with van der Waals surface area (Å²) in [5.74, 6) is 0. The summed E-state index contributed by atoms with van der Waals surface area (Å²) >= 11 is 0. The number of hydrogen-bond donors (Lipinski definition) is 1. The van der Waals surface area contributed by atoms with Crippen LogP contribution in [-0.4, -0.2) is 36.2 Å². The van der Waals surface area contributed by atoms with Crippen molar-refractivity contribution in [1.29, 1.82) is 0 Å². The van der Waals surface area contributed by atoms with E-state index in [0.717, 1.165) is 31.6 Å². The quantitative estimate of drug-likeness (QED) is 0.824. The first kappa shape index (κ1) is 12.2. The smallest absolute Gasteiger partial charge is 0.410 e. The van der Waals surface area contributed by atoms with E-state index >= 15 is 0 Å². The number of benzene rings is 1. The van der Waals surface area contributed by atoms with Crippen LogP contribution in [0.15, 0.2) is 42.5 Å². The lowest BCUT2D eigenvalue weighted by Crippen LogP contribution is -2.70. The van der Waals surface area contributed by atoms with E-state index in [0.29, 0.717) is 6.61 Å². The predicted molar refractivity (Wildman–Crippen MR) is 72.7 cm³/mol. The van der Waals surface area contributed by atoms with Crippen LogP contribution in [0.4, 0.5) is 4.79 Å². The highest BCUT2D eigenvalue weighted by molar-refractivity contribution is 5.69. The molecule has 1 fully saturated rings. The number of carbonyl (C=O) groups is 1. The molecule has 0 unspecified atom stereocenters. The van der Waals surface area contributed by atoms with Crippen molar-refractivity contribution >= 4 is 6.09 Å². The van der Waals surface area contributed by atoms with Crippen LogP contribution >= 0.6 is 0 Å². The van der Waals surface area contributed by atoms with Gasteiger partial charge in [0.1, 0.15) is 6.61 Å². The molecule has 2 heterocycles. The van der Waals surface area contributed by atoms with E-state index in [4.69, 9.17) is 4.74 Å². The van der Waals surface area contributed by atoms with Crippen LogP contribution in [0.5, 0.6) is 0 Å². The summed E-state index contributed by atoms with van der Waals surface area (Å²) in [5, 5.41) is 3.45. The van der Waals surface area contributed by atoms with Gasteiger partial charge in [-0.3, -0.25) is 0 Å². The summed E-state index contributed by atoms with van der Waals surface area (Å²) in [6.07, 6.45) is 5.09. The molecule has 0 bridgehead atoms. The van der Waals surface area contributed by atoms with E-state index in [2.05, 4.69) is 17.5 Å². The Labute approximate surface area is 113 Å². The van der Waals surface area contributed by atoms with E-state index in [1.807, 2.05) is 30.3 Å². The molecule has 1 spiro atoms. The average Bonchev–Trinajstić information content (AvgIpc) is 2.44. The highest BCUT2D eigenvalue weighted by Crippen LogP contribution is 2.27. The molecule has 3 rings (SSSR count). The maximum atomic E-state index is 11.9. The number of rotatable bonds is 2. The van der Waals surface area contributed by atoms with Gasteiger partial charge in [-0.2, -0.15) is 0 Å². The number of hydrogen-bond acceptors (Lipinski definition) is 3. The van der Waals surface area contributed by atoms with Crippen molar-refractivity contribution in [1.82, 2.24) is 10.2 Å². The molecular formula is C15H18N2O2. The molecule has 0 radical (unpaired) electrons. The summed E-state index contributed by atoms with van der Waals surface area (Å²) in [6, 6.07) is 9.75. The Kier molecular flexibility index (Phi) is 3.25. The molecule has 2 aliphatic heterocycles. The summed E-state index contributed by atoms with van der Waals surface area (Å²) in [6.45, 7) is 2.72. The van der Waals surface area contributed by atoms with Crippen molar-refractivity contribution < 1.29 is 9.53 Å². The number of likely N-dealkylation sites (tertiary alicyclic amines) is 1. The Hall–Kier alpha value is -1.81. The number of amides is 1. The second-order valence-corrected chi connectivity index (χ2v) is 5.23. The third-order valence-electron chi connectivity index (χ3n) is 3.72. The minimum Gasteiger partial charge on any atom is -0.445 e. The number of nitrogens with one attached hydrogen (secondary N) is 1. The van der Waals surface area contributed by atoms with E-state index in [9.17, 15) is 4.79 Å². The zero-order valence-electron chi connectivity index (χ0n) is 10.8. The van der Waals surface area contributed by atoms with E-state index < -0.39 is 0 Å². The van der Waals surface area contributed by atoms with Gasteiger partial charge in [-0.1, -0.05) is 42.5 Å². The summed E-state index contributed by atoms with van der Waals surface area (Å²) in [5.41, 5.74) is 1.12. The van der Waals surface area contributed by atoms with Crippen molar-refractivity contribution in [3.63, 3.8) is 0 Å². The number of nitrogens with zero attached hydrogens (tertiary/aromatic N) is 1. The van der Waals surface area contributed by atoms with Gasteiger partial charge >= 0.3 is 6.09 Å². The molecule has 1 aromatic rings. The van der Waals surface area contributed by atoms with Crippen LogP contribution in [-0.2, 0) is 11.3 Å². The Morgan fingerprint density at radius 3 is 2.74 bits per heavy atom. The molecule has 0 saturated carbocycles. The maximum absolute atomic E-state index is 11.9. The van der Waals surface area contributed by atoms with Crippen LogP contribution < -0.4 is 5.32 Å². The van der Waals surface area contributed by atoms with Gasteiger partial charge in [-0.15, -0.1) is 0 Å². The predicted octanol–water partition coefficient (Wildman–Crippen LogP) is 1.93. The fourth-order valence-electron chi connectivity index (χ4n) is 2.60. The zero-order valence-corrected chi connectivity index (χ0v) is 10.8. The highest BCUT2D eigenvalue weighted by Gasteiger charge is 2.45. The molecule has 1 aromatic carbocycles. The minimum atomic E-state index is -0.217. The van der Waals surface area contributed by atoms with E-state index in [-0.39, 0.29) is 11.6 Å². The lowest BCUT2D eigenvalue weighted by atomic mass is 9.85. The third-order valence-corrected chi connectivity index (χ3v) is 3.72. The first-order chi connectivity index (χ1) is 9.27. The average molecular weight is 258 g/mol. The molecule has 0 aliphatic carbocycles.